The van der Waals surface area contributed by atoms with Gasteiger partial charge in [0, 0.05) is 31.5 Å². The average Bonchev–Trinajstić information content (AvgIpc) is 2.42. The van der Waals surface area contributed by atoms with E-state index >= 15 is 0 Å². The van der Waals surface area contributed by atoms with Gasteiger partial charge < -0.3 is 10.0 Å². The minimum atomic E-state index is -0.236. The van der Waals surface area contributed by atoms with Gasteiger partial charge in [-0.3, -0.25) is 9.78 Å². The number of nitriles is 1. The number of hydrogen-bond acceptors (Lipinski definition) is 4. The molecule has 0 saturated carbocycles. The molecule has 0 radical (unpaired) electrons. The third kappa shape index (κ3) is 3.89. The first kappa shape index (κ1) is 13.7. The molecule has 92 valence electrons. The summed E-state index contributed by atoms with van der Waals surface area (Å²) in [6.07, 6.45) is 3.27. The molecular weight excluding hydrogens is 230 g/mol. The van der Waals surface area contributed by atoms with Crippen LogP contribution in [0.15, 0.2) is 18.5 Å². The second-order valence-electron chi connectivity index (χ2n) is 3.56. The molecule has 5 nitrogen and oxygen atoms in total. The lowest BCUT2D eigenvalue weighted by molar-refractivity contribution is 0.0797. The number of aliphatic hydroxyl groups is 1. The molecule has 0 bridgehead atoms. The Bertz CT molecular complexity index is 523. The van der Waals surface area contributed by atoms with Gasteiger partial charge in [-0.25, -0.2) is 0 Å². The van der Waals surface area contributed by atoms with E-state index in [0.29, 0.717) is 24.1 Å². The fraction of sp³-hybridized carbons (Fsp3) is 0.308. The van der Waals surface area contributed by atoms with Gasteiger partial charge in [-0.15, -0.1) is 0 Å². The van der Waals surface area contributed by atoms with Crippen molar-refractivity contribution >= 4 is 5.91 Å². The third-order valence-corrected chi connectivity index (χ3v) is 2.20. The van der Waals surface area contributed by atoms with Crippen molar-refractivity contribution in [2.75, 3.05) is 20.2 Å². The fourth-order valence-corrected chi connectivity index (χ4v) is 1.31. The number of rotatable bonds is 3. The molecule has 0 aromatic carbocycles. The van der Waals surface area contributed by atoms with Gasteiger partial charge >= 0.3 is 0 Å². The summed E-state index contributed by atoms with van der Waals surface area (Å²) in [5.74, 6) is 4.97. The molecule has 1 amide bonds. The first-order valence-corrected chi connectivity index (χ1v) is 5.36. The Kier molecular flexibility index (Phi) is 5.37. The largest absolute Gasteiger partial charge is 0.384 e. The molecule has 0 aliphatic heterocycles. The highest BCUT2D eigenvalue weighted by atomic mass is 16.2. The number of hydrogen-bond donors (Lipinski definition) is 1. The van der Waals surface area contributed by atoms with E-state index in [2.05, 4.69) is 16.8 Å². The molecule has 1 rings (SSSR count). The van der Waals surface area contributed by atoms with Crippen LogP contribution in [0, 0.1) is 23.2 Å². The predicted molar refractivity (Wildman–Crippen MR) is 65.4 cm³/mol. The van der Waals surface area contributed by atoms with Gasteiger partial charge in [0.25, 0.3) is 5.91 Å². The van der Waals surface area contributed by atoms with Crippen LogP contribution in [0.1, 0.15) is 22.3 Å². The lowest BCUT2D eigenvalue weighted by Gasteiger charge is -2.15. The van der Waals surface area contributed by atoms with E-state index in [1.54, 1.807) is 13.1 Å². The number of amides is 1. The maximum absolute atomic E-state index is 12.0. The standard InChI is InChI=1S/C13H13N3O2/c1-16(6-3-5-14)13(18)12-8-11(4-2-7-17)9-15-10-12/h8-10,17H,3,6-7H2,1H3. The van der Waals surface area contributed by atoms with Crippen molar-refractivity contribution in [2.24, 2.45) is 0 Å². The van der Waals surface area contributed by atoms with Crippen LogP contribution in [0.4, 0.5) is 0 Å². The molecule has 1 aromatic heterocycles. The average molecular weight is 243 g/mol. The summed E-state index contributed by atoms with van der Waals surface area (Å²) in [6, 6.07) is 3.60. The SMILES string of the molecule is CN(CCC#N)C(=O)c1cncc(C#CCO)c1. The molecule has 1 aromatic rings. The first-order chi connectivity index (χ1) is 8.69. The zero-order chi connectivity index (χ0) is 13.4. The van der Waals surface area contributed by atoms with E-state index in [1.807, 2.05) is 6.07 Å². The number of aromatic nitrogens is 1. The lowest BCUT2D eigenvalue weighted by Crippen LogP contribution is -2.27. The van der Waals surface area contributed by atoms with Gasteiger partial charge in [0.2, 0.25) is 0 Å². The highest BCUT2D eigenvalue weighted by Crippen LogP contribution is 2.05. The molecule has 1 N–H and O–H groups in total. The van der Waals surface area contributed by atoms with Gasteiger partial charge in [-0.05, 0) is 6.07 Å². The van der Waals surface area contributed by atoms with E-state index in [1.165, 1.54) is 17.3 Å². The molecule has 18 heavy (non-hydrogen) atoms. The maximum atomic E-state index is 12.0. The Morgan fingerprint density at radius 1 is 1.56 bits per heavy atom. The van der Waals surface area contributed by atoms with E-state index < -0.39 is 0 Å². The van der Waals surface area contributed by atoms with Crippen molar-refractivity contribution in [3.8, 4) is 17.9 Å². The lowest BCUT2D eigenvalue weighted by atomic mass is 10.2. The van der Waals surface area contributed by atoms with Crippen molar-refractivity contribution in [3.05, 3.63) is 29.6 Å². The minimum Gasteiger partial charge on any atom is -0.384 e. The maximum Gasteiger partial charge on any atom is 0.255 e. The van der Waals surface area contributed by atoms with Crippen molar-refractivity contribution in [1.82, 2.24) is 9.88 Å². The van der Waals surface area contributed by atoms with Crippen LogP contribution < -0.4 is 0 Å². The number of aliphatic hydroxyl groups excluding tert-OH is 1. The summed E-state index contributed by atoms with van der Waals surface area (Å²) in [5, 5.41) is 17.1. The summed E-state index contributed by atoms with van der Waals surface area (Å²) >= 11 is 0. The fourth-order valence-electron chi connectivity index (χ4n) is 1.31. The molecule has 0 saturated heterocycles. The van der Waals surface area contributed by atoms with Crippen molar-refractivity contribution in [3.63, 3.8) is 0 Å². The monoisotopic (exact) mass is 243 g/mol. The quantitative estimate of drug-likeness (QED) is 0.780. The second-order valence-corrected chi connectivity index (χ2v) is 3.56. The number of carbonyl (C=O) groups excluding carboxylic acids is 1. The summed E-state index contributed by atoms with van der Waals surface area (Å²) in [6.45, 7) is 0.141. The van der Waals surface area contributed by atoms with Crippen LogP contribution in [0.5, 0.6) is 0 Å². The topological polar surface area (TPSA) is 77.2 Å². The third-order valence-electron chi connectivity index (χ3n) is 2.20. The Morgan fingerprint density at radius 2 is 2.33 bits per heavy atom. The Balaban J connectivity index is 2.83. The summed E-state index contributed by atoms with van der Waals surface area (Å²) in [7, 11) is 1.63. The van der Waals surface area contributed by atoms with E-state index in [4.69, 9.17) is 10.4 Å². The van der Waals surface area contributed by atoms with Gasteiger partial charge in [-0.1, -0.05) is 11.8 Å². The highest BCUT2D eigenvalue weighted by Gasteiger charge is 2.11. The number of nitrogens with zero attached hydrogens (tertiary/aromatic N) is 3. The summed E-state index contributed by atoms with van der Waals surface area (Å²) < 4.78 is 0. The van der Waals surface area contributed by atoms with Crippen molar-refractivity contribution in [1.29, 1.82) is 5.26 Å². The second kappa shape index (κ2) is 7.05. The van der Waals surface area contributed by atoms with E-state index in [9.17, 15) is 4.79 Å². The molecule has 0 aliphatic carbocycles. The smallest absolute Gasteiger partial charge is 0.255 e. The first-order valence-electron chi connectivity index (χ1n) is 5.36. The van der Waals surface area contributed by atoms with Crippen LogP contribution in [0.2, 0.25) is 0 Å². The van der Waals surface area contributed by atoms with Gasteiger partial charge in [0.15, 0.2) is 0 Å². The van der Waals surface area contributed by atoms with Crippen LogP contribution in [-0.4, -0.2) is 41.1 Å². The Labute approximate surface area is 106 Å². The molecule has 0 aliphatic rings. The van der Waals surface area contributed by atoms with Crippen LogP contribution in [-0.2, 0) is 0 Å². The number of pyridine rings is 1. The van der Waals surface area contributed by atoms with Gasteiger partial charge in [0.05, 0.1) is 18.1 Å². The molecule has 0 fully saturated rings. The zero-order valence-corrected chi connectivity index (χ0v) is 10.1. The van der Waals surface area contributed by atoms with Gasteiger partial charge in [-0.2, -0.15) is 5.26 Å². The van der Waals surface area contributed by atoms with Crippen LogP contribution in [0.3, 0.4) is 0 Å². The summed E-state index contributed by atoms with van der Waals surface area (Å²) in [4.78, 5) is 17.3. The van der Waals surface area contributed by atoms with Crippen LogP contribution in [0.25, 0.3) is 0 Å². The van der Waals surface area contributed by atoms with Gasteiger partial charge in [0.1, 0.15) is 6.61 Å². The van der Waals surface area contributed by atoms with Crippen molar-refractivity contribution in [2.45, 2.75) is 6.42 Å². The predicted octanol–water partition coefficient (Wildman–Crippen LogP) is 0.411. The molecule has 0 unspecified atom stereocenters. The van der Waals surface area contributed by atoms with E-state index in [-0.39, 0.29) is 12.5 Å². The molecule has 1 heterocycles. The van der Waals surface area contributed by atoms with E-state index in [0.717, 1.165) is 0 Å². The minimum absolute atomic E-state index is 0.203. The van der Waals surface area contributed by atoms with Crippen molar-refractivity contribution < 1.29 is 9.90 Å². The van der Waals surface area contributed by atoms with Crippen LogP contribution >= 0.6 is 0 Å². The Morgan fingerprint density at radius 3 is 3.00 bits per heavy atom. The number of carbonyl (C=O) groups is 1. The highest BCUT2D eigenvalue weighted by molar-refractivity contribution is 5.94. The summed E-state index contributed by atoms with van der Waals surface area (Å²) in [5.41, 5.74) is 0.990. The molecule has 5 heteroatoms. The normalized spacial score (nSPS) is 8.94. The molecule has 0 atom stereocenters. The molecule has 0 spiro atoms. The Hall–Kier alpha value is -2.37. The zero-order valence-electron chi connectivity index (χ0n) is 10.1. The molecular formula is C13H13N3O2.